The maximum absolute atomic E-state index is 13.8. The molecule has 6 rings (SSSR count). The predicted molar refractivity (Wildman–Crippen MR) is 133 cm³/mol. The molecule has 0 aromatic heterocycles. The van der Waals surface area contributed by atoms with Crippen LogP contribution in [0.2, 0.25) is 0 Å². The number of benzene rings is 1. The van der Waals surface area contributed by atoms with E-state index in [1.54, 1.807) is 0 Å². The van der Waals surface area contributed by atoms with Gasteiger partial charge in [0.1, 0.15) is 0 Å². The number of amides is 2. The first-order valence-corrected chi connectivity index (χ1v) is 13.9. The van der Waals surface area contributed by atoms with Crippen molar-refractivity contribution in [1.29, 1.82) is 0 Å². The first-order valence-electron chi connectivity index (χ1n) is 13.9. The fourth-order valence-electron chi connectivity index (χ4n) is 7.96. The molecule has 2 N–H and O–H groups in total. The molecule has 4 atom stereocenters. The molecule has 1 heterocycles. The van der Waals surface area contributed by atoms with Crippen LogP contribution in [0.5, 0.6) is 0 Å². The number of rotatable bonds is 9. The van der Waals surface area contributed by atoms with E-state index in [0.29, 0.717) is 17.3 Å². The summed E-state index contributed by atoms with van der Waals surface area (Å²) in [6.45, 7) is 6.47. The summed E-state index contributed by atoms with van der Waals surface area (Å²) in [5.74, 6) is 0.831. The van der Waals surface area contributed by atoms with Gasteiger partial charge in [0.15, 0.2) is 0 Å². The third kappa shape index (κ3) is 3.88. The molecule has 1 saturated heterocycles. The second-order valence-electron chi connectivity index (χ2n) is 12.1. The van der Waals surface area contributed by atoms with E-state index in [0.717, 1.165) is 51.6 Å². The van der Waals surface area contributed by atoms with Gasteiger partial charge in [-0.2, -0.15) is 0 Å². The predicted octanol–water partition coefficient (Wildman–Crippen LogP) is 4.14. The molecule has 5 aliphatic rings. The van der Waals surface area contributed by atoms with Gasteiger partial charge in [-0.3, -0.25) is 9.59 Å². The molecule has 2 bridgehead atoms. The second-order valence-corrected chi connectivity index (χ2v) is 12.1. The molecule has 34 heavy (non-hydrogen) atoms. The van der Waals surface area contributed by atoms with Gasteiger partial charge in [-0.1, -0.05) is 29.8 Å². The lowest BCUT2D eigenvalue weighted by molar-refractivity contribution is -0.137. The lowest BCUT2D eigenvalue weighted by Gasteiger charge is -2.31. The number of nitrogens with zero attached hydrogens (tertiary/aromatic N) is 1. The minimum absolute atomic E-state index is 0.131. The Balaban J connectivity index is 1.10. The minimum atomic E-state index is -0.208. The molecular weight excluding hydrogens is 422 g/mol. The lowest BCUT2D eigenvalue weighted by atomic mass is 9.78. The highest BCUT2D eigenvalue weighted by Crippen LogP contribution is 2.74. The molecule has 4 unspecified atom stereocenters. The van der Waals surface area contributed by atoms with Crippen molar-refractivity contribution in [3.63, 3.8) is 0 Å². The average Bonchev–Trinajstić information content (AvgIpc) is 3.68. The van der Waals surface area contributed by atoms with Crippen LogP contribution in [0.1, 0.15) is 75.3 Å². The Morgan fingerprint density at radius 3 is 2.18 bits per heavy atom. The smallest absolute Gasteiger partial charge is 0.224 e. The monoisotopic (exact) mass is 463 g/mol. The number of hydrogen-bond donors (Lipinski definition) is 2. The standard InChI is InChI=1S/C29H41N3O2/c1-20-6-8-21(9-7-20)29(14-15-29)31-27(34)25-23-11-10-22(28(23)12-13-28)24(25)26(33)30-16-2-3-17-32-18-4-5-19-32/h6-9,22-25H,2-5,10-19H2,1H3,(H,30,33)(H,31,34). The Labute approximate surface area is 204 Å². The fourth-order valence-corrected chi connectivity index (χ4v) is 7.96. The molecule has 5 nitrogen and oxygen atoms in total. The van der Waals surface area contributed by atoms with Crippen LogP contribution in [0, 0.1) is 36.0 Å². The summed E-state index contributed by atoms with van der Waals surface area (Å²) in [6, 6.07) is 8.60. The average molecular weight is 464 g/mol. The molecule has 1 aliphatic heterocycles. The van der Waals surface area contributed by atoms with Gasteiger partial charge in [-0.15, -0.1) is 0 Å². The number of carbonyl (C=O) groups is 2. The molecule has 5 fully saturated rings. The Morgan fingerprint density at radius 1 is 0.912 bits per heavy atom. The number of likely N-dealkylation sites (tertiary alicyclic amines) is 1. The number of carbonyl (C=O) groups excluding carboxylic acids is 2. The number of unbranched alkanes of at least 4 members (excludes halogenated alkanes) is 1. The Hall–Kier alpha value is -1.88. The number of nitrogens with one attached hydrogen (secondary N) is 2. The molecule has 4 saturated carbocycles. The highest BCUT2D eigenvalue weighted by atomic mass is 16.2. The van der Waals surface area contributed by atoms with E-state index in [9.17, 15) is 9.59 Å². The summed E-state index contributed by atoms with van der Waals surface area (Å²) in [7, 11) is 0. The van der Waals surface area contributed by atoms with E-state index in [1.165, 1.54) is 49.9 Å². The van der Waals surface area contributed by atoms with Gasteiger partial charge >= 0.3 is 0 Å². The topological polar surface area (TPSA) is 61.4 Å². The van der Waals surface area contributed by atoms with Gasteiger partial charge < -0.3 is 15.5 Å². The third-order valence-corrected chi connectivity index (χ3v) is 10.1. The van der Waals surface area contributed by atoms with Gasteiger partial charge in [0.2, 0.25) is 11.8 Å². The Kier molecular flexibility index (Phi) is 5.75. The summed E-state index contributed by atoms with van der Waals surface area (Å²) in [5, 5.41) is 6.73. The van der Waals surface area contributed by atoms with Gasteiger partial charge in [0.25, 0.3) is 0 Å². The van der Waals surface area contributed by atoms with Crippen molar-refractivity contribution < 1.29 is 9.59 Å². The van der Waals surface area contributed by atoms with E-state index in [-0.39, 0.29) is 29.2 Å². The summed E-state index contributed by atoms with van der Waals surface area (Å²) in [4.78, 5) is 29.8. The zero-order chi connectivity index (χ0) is 23.3. The van der Waals surface area contributed by atoms with Gasteiger partial charge in [0.05, 0.1) is 17.4 Å². The van der Waals surface area contributed by atoms with Crippen molar-refractivity contribution in [3.05, 3.63) is 35.4 Å². The minimum Gasteiger partial charge on any atom is -0.356 e. The SMILES string of the molecule is Cc1ccc(C2(NC(=O)C3C(C(=O)NCCCCN4CCCC4)C4CCC3C43CC3)CC2)cc1. The second kappa shape index (κ2) is 8.65. The Morgan fingerprint density at radius 2 is 1.56 bits per heavy atom. The summed E-state index contributed by atoms with van der Waals surface area (Å²) < 4.78 is 0. The third-order valence-electron chi connectivity index (χ3n) is 10.1. The lowest BCUT2D eigenvalue weighted by Crippen LogP contribution is -2.47. The van der Waals surface area contributed by atoms with Gasteiger partial charge in [-0.05, 0) is 114 Å². The highest BCUT2D eigenvalue weighted by molar-refractivity contribution is 5.90. The van der Waals surface area contributed by atoms with E-state index >= 15 is 0 Å². The molecular formula is C29H41N3O2. The molecule has 1 aromatic rings. The van der Waals surface area contributed by atoms with Crippen LogP contribution < -0.4 is 10.6 Å². The van der Waals surface area contributed by atoms with Crippen LogP contribution in [-0.4, -0.2) is 42.9 Å². The van der Waals surface area contributed by atoms with Crippen LogP contribution >= 0.6 is 0 Å². The van der Waals surface area contributed by atoms with Crippen molar-refractivity contribution >= 4 is 11.8 Å². The van der Waals surface area contributed by atoms with Crippen LogP contribution in [0.4, 0.5) is 0 Å². The molecule has 5 heteroatoms. The van der Waals surface area contributed by atoms with E-state index < -0.39 is 0 Å². The number of hydrogen-bond acceptors (Lipinski definition) is 3. The quantitative estimate of drug-likeness (QED) is 0.541. The van der Waals surface area contributed by atoms with Crippen molar-refractivity contribution in [2.75, 3.05) is 26.2 Å². The largest absolute Gasteiger partial charge is 0.356 e. The summed E-state index contributed by atoms with van der Waals surface area (Å²) in [6.07, 6.45) is 11.5. The first kappa shape index (κ1) is 22.6. The van der Waals surface area contributed by atoms with Gasteiger partial charge in [-0.25, -0.2) is 0 Å². The van der Waals surface area contributed by atoms with Crippen LogP contribution in [0.15, 0.2) is 24.3 Å². The number of aryl methyl sites for hydroxylation is 1. The maximum atomic E-state index is 13.8. The first-order chi connectivity index (χ1) is 16.5. The van der Waals surface area contributed by atoms with Crippen LogP contribution in [0.25, 0.3) is 0 Å². The molecule has 1 spiro atoms. The maximum Gasteiger partial charge on any atom is 0.224 e. The van der Waals surface area contributed by atoms with Crippen LogP contribution in [0.3, 0.4) is 0 Å². The highest BCUT2D eigenvalue weighted by Gasteiger charge is 2.71. The van der Waals surface area contributed by atoms with E-state index in [1.807, 2.05) is 0 Å². The van der Waals surface area contributed by atoms with Gasteiger partial charge in [0, 0.05) is 6.54 Å². The zero-order valence-electron chi connectivity index (χ0n) is 20.8. The molecule has 4 aliphatic carbocycles. The normalized spacial score (nSPS) is 32.1. The fraction of sp³-hybridized carbons (Fsp3) is 0.724. The van der Waals surface area contributed by atoms with Crippen molar-refractivity contribution in [3.8, 4) is 0 Å². The van der Waals surface area contributed by atoms with Crippen molar-refractivity contribution in [1.82, 2.24) is 15.5 Å². The van der Waals surface area contributed by atoms with Crippen LogP contribution in [-0.2, 0) is 15.1 Å². The zero-order valence-corrected chi connectivity index (χ0v) is 20.8. The molecule has 2 amide bonds. The summed E-state index contributed by atoms with van der Waals surface area (Å²) >= 11 is 0. The molecule has 0 radical (unpaired) electrons. The van der Waals surface area contributed by atoms with Crippen molar-refractivity contribution in [2.45, 2.75) is 76.7 Å². The van der Waals surface area contributed by atoms with E-state index in [2.05, 4.69) is 46.7 Å². The summed E-state index contributed by atoms with van der Waals surface area (Å²) in [5.41, 5.74) is 2.54. The van der Waals surface area contributed by atoms with Crippen molar-refractivity contribution in [2.24, 2.45) is 29.1 Å². The molecule has 184 valence electrons. The van der Waals surface area contributed by atoms with E-state index in [4.69, 9.17) is 0 Å². The Bertz CT molecular complexity index is 927. The molecule has 1 aromatic carbocycles.